The van der Waals surface area contributed by atoms with Crippen molar-refractivity contribution in [2.75, 3.05) is 19.6 Å². The van der Waals surface area contributed by atoms with E-state index in [1.807, 2.05) is 13.8 Å². The molecule has 1 aromatic heterocycles. The van der Waals surface area contributed by atoms with Gasteiger partial charge in [-0.1, -0.05) is 19.0 Å². The number of aromatic nitrogens is 1. The first-order chi connectivity index (χ1) is 9.10. The third-order valence-electron chi connectivity index (χ3n) is 2.99. The van der Waals surface area contributed by atoms with Crippen LogP contribution >= 0.6 is 0 Å². The average molecular weight is 266 g/mol. The van der Waals surface area contributed by atoms with Gasteiger partial charge in [0, 0.05) is 31.1 Å². The number of guanidine groups is 1. The van der Waals surface area contributed by atoms with Crippen molar-refractivity contribution in [2.24, 2.45) is 4.99 Å². The maximum atomic E-state index is 5.21. The summed E-state index contributed by atoms with van der Waals surface area (Å²) in [5, 5.41) is 10.5. The lowest BCUT2D eigenvalue weighted by atomic mass is 10.00. The first kappa shape index (κ1) is 15.5. The van der Waals surface area contributed by atoms with Crippen LogP contribution in [-0.2, 0) is 0 Å². The smallest absolute Gasteiger partial charge is 0.191 e. The molecule has 0 radical (unpaired) electrons. The highest BCUT2D eigenvalue weighted by Crippen LogP contribution is 2.23. The lowest BCUT2D eigenvalue weighted by molar-refractivity contribution is 0.391. The van der Waals surface area contributed by atoms with Crippen LogP contribution in [0.4, 0.5) is 0 Å². The molecule has 1 unspecified atom stereocenters. The fourth-order valence-corrected chi connectivity index (χ4v) is 2.10. The molecule has 0 aliphatic heterocycles. The molecule has 0 spiro atoms. The summed E-state index contributed by atoms with van der Waals surface area (Å²) in [7, 11) is 0. The van der Waals surface area contributed by atoms with Gasteiger partial charge in [0.15, 0.2) is 5.96 Å². The van der Waals surface area contributed by atoms with Gasteiger partial charge in [-0.15, -0.1) is 0 Å². The van der Waals surface area contributed by atoms with Crippen molar-refractivity contribution < 1.29 is 4.52 Å². The molecule has 5 nitrogen and oxygen atoms in total. The molecular weight excluding hydrogens is 240 g/mol. The molecule has 5 heteroatoms. The first-order valence-electron chi connectivity index (χ1n) is 7.05. The van der Waals surface area contributed by atoms with E-state index in [0.717, 1.165) is 43.5 Å². The summed E-state index contributed by atoms with van der Waals surface area (Å²) in [6.45, 7) is 12.8. The molecule has 0 saturated carbocycles. The number of aliphatic imine (C=N–C) groups is 1. The summed E-state index contributed by atoms with van der Waals surface area (Å²) in [6.07, 6.45) is 1.09. The lowest BCUT2D eigenvalue weighted by Crippen LogP contribution is -2.37. The van der Waals surface area contributed by atoms with E-state index in [0.29, 0.717) is 5.92 Å². The Balaban J connectivity index is 2.66. The van der Waals surface area contributed by atoms with Crippen LogP contribution in [0.5, 0.6) is 0 Å². The standard InChI is InChI=1S/C14H26N4O/c1-6-8-16-14(15-7-2)17-9-10(3)13-11(4)18-19-12(13)5/h10H,6-9H2,1-5H3,(H2,15,16,17). The Hall–Kier alpha value is -1.52. The molecule has 1 aromatic rings. The van der Waals surface area contributed by atoms with Gasteiger partial charge >= 0.3 is 0 Å². The van der Waals surface area contributed by atoms with Crippen molar-refractivity contribution in [1.82, 2.24) is 15.8 Å². The van der Waals surface area contributed by atoms with Crippen LogP contribution in [0.25, 0.3) is 0 Å². The number of nitrogens with zero attached hydrogens (tertiary/aromatic N) is 2. The van der Waals surface area contributed by atoms with E-state index >= 15 is 0 Å². The summed E-state index contributed by atoms with van der Waals surface area (Å²) in [5.41, 5.74) is 2.14. The zero-order chi connectivity index (χ0) is 14.3. The van der Waals surface area contributed by atoms with Gasteiger partial charge in [0.1, 0.15) is 5.76 Å². The summed E-state index contributed by atoms with van der Waals surface area (Å²) in [4.78, 5) is 4.61. The van der Waals surface area contributed by atoms with E-state index in [1.165, 1.54) is 5.56 Å². The van der Waals surface area contributed by atoms with Gasteiger partial charge < -0.3 is 15.2 Å². The number of hydrogen-bond donors (Lipinski definition) is 2. The van der Waals surface area contributed by atoms with Gasteiger partial charge in [-0.05, 0) is 27.2 Å². The van der Waals surface area contributed by atoms with Crippen LogP contribution in [-0.4, -0.2) is 30.8 Å². The fraction of sp³-hybridized carbons (Fsp3) is 0.714. The van der Waals surface area contributed by atoms with Crippen LogP contribution < -0.4 is 10.6 Å². The van der Waals surface area contributed by atoms with Crippen molar-refractivity contribution in [1.29, 1.82) is 0 Å². The van der Waals surface area contributed by atoms with E-state index in [9.17, 15) is 0 Å². The van der Waals surface area contributed by atoms with Crippen LogP contribution in [0.2, 0.25) is 0 Å². The molecule has 0 aliphatic carbocycles. The summed E-state index contributed by atoms with van der Waals surface area (Å²) >= 11 is 0. The van der Waals surface area contributed by atoms with Crippen LogP contribution in [0, 0.1) is 13.8 Å². The largest absolute Gasteiger partial charge is 0.361 e. The Morgan fingerprint density at radius 2 is 2.05 bits per heavy atom. The Kier molecular flexibility index (Phi) is 6.39. The predicted octanol–water partition coefficient (Wildman–Crippen LogP) is 2.36. The van der Waals surface area contributed by atoms with Crippen molar-refractivity contribution in [3.8, 4) is 0 Å². The van der Waals surface area contributed by atoms with Crippen LogP contribution in [0.1, 0.15) is 50.1 Å². The molecule has 0 aliphatic rings. The molecule has 1 rings (SSSR count). The minimum Gasteiger partial charge on any atom is -0.361 e. The second-order valence-corrected chi connectivity index (χ2v) is 4.79. The molecule has 0 bridgehead atoms. The zero-order valence-corrected chi connectivity index (χ0v) is 12.7. The molecule has 0 aromatic carbocycles. The van der Waals surface area contributed by atoms with Gasteiger partial charge in [-0.2, -0.15) is 0 Å². The molecular formula is C14H26N4O. The maximum Gasteiger partial charge on any atom is 0.191 e. The SMILES string of the molecule is CCCNC(=NCC(C)c1c(C)noc1C)NCC. The number of hydrogen-bond acceptors (Lipinski definition) is 3. The van der Waals surface area contributed by atoms with Crippen molar-refractivity contribution in [2.45, 2.75) is 47.0 Å². The Morgan fingerprint density at radius 3 is 2.58 bits per heavy atom. The topological polar surface area (TPSA) is 62.5 Å². The zero-order valence-electron chi connectivity index (χ0n) is 12.7. The van der Waals surface area contributed by atoms with Gasteiger partial charge in [0.25, 0.3) is 0 Å². The number of rotatable bonds is 6. The second kappa shape index (κ2) is 7.81. The highest BCUT2D eigenvalue weighted by Gasteiger charge is 2.16. The van der Waals surface area contributed by atoms with E-state index in [1.54, 1.807) is 0 Å². The second-order valence-electron chi connectivity index (χ2n) is 4.79. The molecule has 0 saturated heterocycles. The molecule has 0 fully saturated rings. The Bertz CT molecular complexity index is 392. The fourth-order valence-electron chi connectivity index (χ4n) is 2.10. The third-order valence-corrected chi connectivity index (χ3v) is 2.99. The number of nitrogens with one attached hydrogen (secondary N) is 2. The highest BCUT2D eigenvalue weighted by molar-refractivity contribution is 5.79. The van der Waals surface area contributed by atoms with E-state index in [4.69, 9.17) is 4.52 Å². The summed E-state index contributed by atoms with van der Waals surface area (Å²) in [5.74, 6) is 2.08. The molecule has 1 heterocycles. The molecule has 1 atom stereocenters. The third kappa shape index (κ3) is 4.58. The predicted molar refractivity (Wildman–Crippen MR) is 78.7 cm³/mol. The summed E-state index contributed by atoms with van der Waals surface area (Å²) < 4.78 is 5.21. The van der Waals surface area contributed by atoms with Gasteiger partial charge in [0.2, 0.25) is 0 Å². The quantitative estimate of drug-likeness (QED) is 0.613. The summed E-state index contributed by atoms with van der Waals surface area (Å²) in [6, 6.07) is 0. The number of aryl methyl sites for hydroxylation is 2. The maximum absolute atomic E-state index is 5.21. The van der Waals surface area contributed by atoms with E-state index in [-0.39, 0.29) is 0 Å². The normalized spacial score (nSPS) is 13.4. The van der Waals surface area contributed by atoms with Gasteiger partial charge in [-0.3, -0.25) is 4.99 Å². The van der Waals surface area contributed by atoms with E-state index < -0.39 is 0 Å². The van der Waals surface area contributed by atoms with Gasteiger partial charge in [0.05, 0.1) is 5.69 Å². The van der Waals surface area contributed by atoms with Crippen LogP contribution in [0.15, 0.2) is 9.52 Å². The molecule has 108 valence electrons. The minimum absolute atomic E-state index is 0.309. The minimum atomic E-state index is 0.309. The first-order valence-corrected chi connectivity index (χ1v) is 7.05. The van der Waals surface area contributed by atoms with Crippen molar-refractivity contribution in [3.05, 3.63) is 17.0 Å². The Labute approximate surface area is 115 Å². The van der Waals surface area contributed by atoms with E-state index in [2.05, 4.69) is 41.6 Å². The monoisotopic (exact) mass is 266 g/mol. The highest BCUT2D eigenvalue weighted by atomic mass is 16.5. The molecule has 0 amide bonds. The van der Waals surface area contributed by atoms with Crippen molar-refractivity contribution >= 4 is 5.96 Å². The lowest BCUT2D eigenvalue weighted by Gasteiger charge is -2.13. The molecule has 2 N–H and O–H groups in total. The van der Waals surface area contributed by atoms with Crippen LogP contribution in [0.3, 0.4) is 0 Å². The molecule has 19 heavy (non-hydrogen) atoms. The van der Waals surface area contributed by atoms with Gasteiger partial charge in [-0.25, -0.2) is 0 Å². The van der Waals surface area contributed by atoms with Crippen molar-refractivity contribution in [3.63, 3.8) is 0 Å². The Morgan fingerprint density at radius 1 is 1.32 bits per heavy atom. The average Bonchev–Trinajstić information content (AvgIpc) is 2.72.